The molecular formula is C27H25N3O4. The van der Waals surface area contributed by atoms with Gasteiger partial charge in [-0.3, -0.25) is 9.78 Å². The van der Waals surface area contributed by atoms with Crippen LogP contribution >= 0.6 is 0 Å². The Labute approximate surface area is 197 Å². The Hall–Kier alpha value is -3.97. The molecule has 7 heteroatoms. The molecule has 1 N–H and O–H groups in total. The van der Waals surface area contributed by atoms with Crippen molar-refractivity contribution in [1.82, 2.24) is 4.98 Å². The number of rotatable bonds is 7. The van der Waals surface area contributed by atoms with Crippen molar-refractivity contribution < 1.29 is 19.0 Å². The lowest BCUT2D eigenvalue weighted by Crippen LogP contribution is -2.48. The summed E-state index contributed by atoms with van der Waals surface area (Å²) in [7, 11) is 0. The van der Waals surface area contributed by atoms with Crippen molar-refractivity contribution in [2.75, 3.05) is 31.3 Å². The van der Waals surface area contributed by atoms with Gasteiger partial charge in [0.05, 0.1) is 18.9 Å². The van der Waals surface area contributed by atoms with E-state index in [2.05, 4.69) is 11.6 Å². The van der Waals surface area contributed by atoms with Gasteiger partial charge in [0.25, 0.3) is 5.91 Å². The lowest BCUT2D eigenvalue weighted by atomic mass is 10.0. The fourth-order valence-corrected chi connectivity index (χ4v) is 4.25. The lowest BCUT2D eigenvalue weighted by Gasteiger charge is -2.33. The summed E-state index contributed by atoms with van der Waals surface area (Å²) in [4.78, 5) is 18.8. The Bertz CT molecular complexity index is 1300. The molecule has 0 unspecified atom stereocenters. The molecule has 1 fully saturated rings. The number of hydrogen-bond donors (Lipinski definition) is 1. The van der Waals surface area contributed by atoms with Crippen molar-refractivity contribution >= 4 is 28.2 Å². The summed E-state index contributed by atoms with van der Waals surface area (Å²) in [6.45, 7) is 5.02. The molecule has 0 spiro atoms. The molecular weight excluding hydrogens is 430 g/mol. The molecule has 1 amide bonds. The minimum atomic E-state index is -0.283. The van der Waals surface area contributed by atoms with E-state index in [1.807, 2.05) is 42.5 Å². The van der Waals surface area contributed by atoms with E-state index in [4.69, 9.17) is 19.6 Å². The number of amides is 1. The number of anilines is 1. The largest absolute Gasteiger partial charge is 0.493 e. The topological polar surface area (TPSA) is 84.7 Å². The van der Waals surface area contributed by atoms with E-state index in [0.29, 0.717) is 30.1 Å². The zero-order chi connectivity index (χ0) is 23.5. The Balaban J connectivity index is 1.32. The molecule has 7 nitrogen and oxygen atoms in total. The van der Waals surface area contributed by atoms with E-state index in [1.54, 1.807) is 29.3 Å². The second-order valence-electron chi connectivity index (χ2n) is 8.16. The SMILES string of the molecule is C=C/C=C\C(=N)c1ccc(OC[C@@H]2CN(c3ccc4c(c3)CCO4)C(=O)CO2)c2ncccc12. The Morgan fingerprint density at radius 2 is 2.21 bits per heavy atom. The molecule has 0 bridgehead atoms. The van der Waals surface area contributed by atoms with Crippen LogP contribution < -0.4 is 14.4 Å². The third-order valence-electron chi connectivity index (χ3n) is 5.96. The molecule has 1 atom stereocenters. The quantitative estimate of drug-likeness (QED) is 0.429. The molecule has 1 aromatic heterocycles. The van der Waals surface area contributed by atoms with Gasteiger partial charge in [-0.25, -0.2) is 0 Å². The number of fused-ring (bicyclic) bond motifs is 2. The van der Waals surface area contributed by atoms with E-state index in [0.717, 1.165) is 34.4 Å². The summed E-state index contributed by atoms with van der Waals surface area (Å²) in [6, 6.07) is 13.3. The van der Waals surface area contributed by atoms with Gasteiger partial charge in [-0.15, -0.1) is 0 Å². The Morgan fingerprint density at radius 3 is 3.09 bits per heavy atom. The van der Waals surface area contributed by atoms with Crippen molar-refractivity contribution in [1.29, 1.82) is 5.41 Å². The van der Waals surface area contributed by atoms with Gasteiger partial charge in [0.15, 0.2) is 0 Å². The predicted octanol–water partition coefficient (Wildman–Crippen LogP) is 4.09. The third kappa shape index (κ3) is 4.30. The van der Waals surface area contributed by atoms with Gasteiger partial charge in [0, 0.05) is 29.3 Å². The molecule has 1 saturated heterocycles. The maximum atomic E-state index is 12.6. The molecule has 2 aromatic carbocycles. The summed E-state index contributed by atoms with van der Waals surface area (Å²) in [5.74, 6) is 1.43. The van der Waals surface area contributed by atoms with Crippen molar-refractivity contribution in [3.63, 3.8) is 0 Å². The van der Waals surface area contributed by atoms with E-state index in [9.17, 15) is 4.79 Å². The molecule has 0 saturated carbocycles. The Kier molecular flexibility index (Phi) is 6.10. The summed E-state index contributed by atoms with van der Waals surface area (Å²) >= 11 is 0. The molecule has 0 radical (unpaired) electrons. The van der Waals surface area contributed by atoms with Crippen LogP contribution in [0.4, 0.5) is 5.69 Å². The number of carbonyl (C=O) groups is 1. The fourth-order valence-electron chi connectivity index (χ4n) is 4.25. The van der Waals surface area contributed by atoms with Gasteiger partial charge >= 0.3 is 0 Å². The maximum absolute atomic E-state index is 12.6. The number of carbonyl (C=O) groups excluding carboxylic acids is 1. The first-order chi connectivity index (χ1) is 16.6. The van der Waals surface area contributed by atoms with E-state index >= 15 is 0 Å². The number of nitrogens with one attached hydrogen (secondary N) is 1. The minimum absolute atomic E-state index is 0.00630. The number of nitrogens with zero attached hydrogens (tertiary/aromatic N) is 2. The first-order valence-electron chi connectivity index (χ1n) is 11.2. The van der Waals surface area contributed by atoms with Crippen LogP contribution in [0.15, 0.2) is 73.5 Å². The van der Waals surface area contributed by atoms with Gasteiger partial charge in [-0.05, 0) is 48.0 Å². The molecule has 172 valence electrons. The summed E-state index contributed by atoms with van der Waals surface area (Å²) < 4.78 is 17.5. The van der Waals surface area contributed by atoms with E-state index < -0.39 is 0 Å². The summed E-state index contributed by atoms with van der Waals surface area (Å²) in [6.07, 6.45) is 7.34. The van der Waals surface area contributed by atoms with Gasteiger partial charge in [0.1, 0.15) is 36.3 Å². The number of aromatic nitrogens is 1. The van der Waals surface area contributed by atoms with Crippen LogP contribution in [0.1, 0.15) is 11.1 Å². The number of benzene rings is 2. The van der Waals surface area contributed by atoms with Crippen molar-refractivity contribution in [2.45, 2.75) is 12.5 Å². The highest BCUT2D eigenvalue weighted by Gasteiger charge is 2.29. The predicted molar refractivity (Wildman–Crippen MR) is 131 cm³/mol. The average Bonchev–Trinajstić information content (AvgIpc) is 3.34. The van der Waals surface area contributed by atoms with Crippen LogP contribution in [0.3, 0.4) is 0 Å². The van der Waals surface area contributed by atoms with Crippen molar-refractivity contribution in [2.24, 2.45) is 0 Å². The highest BCUT2D eigenvalue weighted by molar-refractivity contribution is 6.15. The molecule has 2 aliphatic rings. The molecule has 3 aromatic rings. The zero-order valence-corrected chi connectivity index (χ0v) is 18.7. The summed E-state index contributed by atoms with van der Waals surface area (Å²) in [5, 5.41) is 9.18. The van der Waals surface area contributed by atoms with Crippen molar-refractivity contribution in [3.05, 3.63) is 84.6 Å². The number of ether oxygens (including phenoxy) is 3. The molecule has 2 aliphatic heterocycles. The van der Waals surface area contributed by atoms with Crippen LogP contribution in [0.2, 0.25) is 0 Å². The Morgan fingerprint density at radius 1 is 1.29 bits per heavy atom. The monoisotopic (exact) mass is 455 g/mol. The van der Waals surface area contributed by atoms with Gasteiger partial charge in [-0.1, -0.05) is 24.8 Å². The minimum Gasteiger partial charge on any atom is -0.493 e. The van der Waals surface area contributed by atoms with Crippen LogP contribution in [-0.2, 0) is 16.0 Å². The molecule has 0 aliphatic carbocycles. The second kappa shape index (κ2) is 9.49. The lowest BCUT2D eigenvalue weighted by molar-refractivity contribution is -0.130. The first-order valence-corrected chi connectivity index (χ1v) is 11.2. The van der Waals surface area contributed by atoms with E-state index in [-0.39, 0.29) is 25.2 Å². The van der Waals surface area contributed by atoms with Crippen LogP contribution in [0.5, 0.6) is 11.5 Å². The van der Waals surface area contributed by atoms with Gasteiger partial charge in [-0.2, -0.15) is 0 Å². The van der Waals surface area contributed by atoms with Gasteiger partial charge in [0.2, 0.25) is 0 Å². The van der Waals surface area contributed by atoms with Gasteiger partial charge < -0.3 is 24.5 Å². The standard InChI is InChI=1S/C27H25N3O4/c1-2-3-6-23(28)21-8-10-25(27-22(21)5-4-12-29-27)34-16-20-15-30(26(31)17-33-20)19-7-9-24-18(14-19)11-13-32-24/h2-10,12,14,20,28H,1,11,13,15-17H2/b6-3-,28-23?/t20-/m0/s1. The fraction of sp³-hybridized carbons (Fsp3) is 0.222. The number of pyridine rings is 1. The maximum Gasteiger partial charge on any atom is 0.253 e. The third-order valence-corrected chi connectivity index (χ3v) is 5.96. The number of allylic oxidation sites excluding steroid dienone is 3. The highest BCUT2D eigenvalue weighted by Crippen LogP contribution is 2.31. The molecule has 34 heavy (non-hydrogen) atoms. The zero-order valence-electron chi connectivity index (χ0n) is 18.7. The highest BCUT2D eigenvalue weighted by atomic mass is 16.5. The molecule has 5 rings (SSSR count). The summed E-state index contributed by atoms with van der Waals surface area (Å²) in [5.41, 5.74) is 3.79. The number of hydrogen-bond acceptors (Lipinski definition) is 6. The van der Waals surface area contributed by atoms with Crippen LogP contribution in [-0.4, -0.2) is 49.1 Å². The van der Waals surface area contributed by atoms with E-state index in [1.165, 1.54) is 0 Å². The molecule has 3 heterocycles. The van der Waals surface area contributed by atoms with Crippen LogP contribution in [0, 0.1) is 5.41 Å². The second-order valence-corrected chi connectivity index (χ2v) is 8.16. The normalized spacial score (nSPS) is 17.6. The number of morpholine rings is 1. The first kappa shape index (κ1) is 21.9. The average molecular weight is 456 g/mol. The van der Waals surface area contributed by atoms with Crippen LogP contribution in [0.25, 0.3) is 10.9 Å². The smallest absolute Gasteiger partial charge is 0.253 e. The van der Waals surface area contributed by atoms with Crippen molar-refractivity contribution in [3.8, 4) is 11.5 Å².